The number of nitrogens with one attached hydrogen (secondary N) is 2. The average Bonchev–Trinajstić information content (AvgIpc) is 2.92. The van der Waals surface area contributed by atoms with Crippen molar-refractivity contribution in [1.29, 1.82) is 0 Å². The van der Waals surface area contributed by atoms with E-state index in [9.17, 15) is 13.6 Å². The molecule has 1 fully saturated rings. The van der Waals surface area contributed by atoms with E-state index in [1.807, 2.05) is 0 Å². The standard InChI is InChI=1S/C13H15ClF2N2O2/c14-9-3-4-11(20-13(15)16)8(6-9)7-18-12(19)10-2-1-5-17-10/h3-4,6,10,13,17H,1-2,5,7H2,(H,18,19)/t10-/m0/s1. The molecule has 2 N–H and O–H groups in total. The molecule has 7 heteroatoms. The minimum absolute atomic E-state index is 0.0177. The number of rotatable bonds is 5. The maximum absolute atomic E-state index is 12.3. The summed E-state index contributed by atoms with van der Waals surface area (Å²) < 4.78 is 29.0. The fraction of sp³-hybridized carbons (Fsp3) is 0.462. The van der Waals surface area contributed by atoms with Gasteiger partial charge < -0.3 is 15.4 Å². The summed E-state index contributed by atoms with van der Waals surface area (Å²) in [6.45, 7) is -2.00. The van der Waals surface area contributed by atoms with E-state index in [-0.39, 0.29) is 24.2 Å². The van der Waals surface area contributed by atoms with Crippen LogP contribution in [0.4, 0.5) is 8.78 Å². The van der Waals surface area contributed by atoms with Gasteiger partial charge in [0.15, 0.2) is 0 Å². The summed E-state index contributed by atoms with van der Waals surface area (Å²) in [6, 6.07) is 4.11. The van der Waals surface area contributed by atoms with Crippen LogP contribution in [0.5, 0.6) is 5.75 Å². The lowest BCUT2D eigenvalue weighted by Crippen LogP contribution is -2.40. The number of alkyl halides is 2. The normalized spacial score (nSPS) is 18.3. The fourth-order valence-electron chi connectivity index (χ4n) is 2.11. The molecule has 20 heavy (non-hydrogen) atoms. The van der Waals surface area contributed by atoms with Crippen molar-refractivity contribution in [3.63, 3.8) is 0 Å². The van der Waals surface area contributed by atoms with Gasteiger partial charge in [0.2, 0.25) is 5.91 Å². The monoisotopic (exact) mass is 304 g/mol. The number of carbonyl (C=O) groups excluding carboxylic acids is 1. The van der Waals surface area contributed by atoms with Gasteiger partial charge >= 0.3 is 6.61 Å². The van der Waals surface area contributed by atoms with Gasteiger partial charge in [-0.25, -0.2) is 0 Å². The molecule has 1 aliphatic heterocycles. The Hall–Kier alpha value is -1.40. The summed E-state index contributed by atoms with van der Waals surface area (Å²) in [7, 11) is 0. The molecule has 0 unspecified atom stereocenters. The highest BCUT2D eigenvalue weighted by atomic mass is 35.5. The first kappa shape index (κ1) is 15.0. The number of amides is 1. The number of ether oxygens (including phenoxy) is 1. The third kappa shape index (κ3) is 4.05. The van der Waals surface area contributed by atoms with Gasteiger partial charge in [-0.05, 0) is 37.6 Å². The maximum atomic E-state index is 12.3. The second-order valence-electron chi connectivity index (χ2n) is 4.50. The second kappa shape index (κ2) is 6.85. The van der Waals surface area contributed by atoms with Gasteiger partial charge in [0.25, 0.3) is 0 Å². The lowest BCUT2D eigenvalue weighted by atomic mass is 10.1. The molecular weight excluding hydrogens is 290 g/mol. The molecule has 0 bridgehead atoms. The van der Waals surface area contributed by atoms with Crippen LogP contribution in [0, 0.1) is 0 Å². The molecule has 0 aromatic heterocycles. The van der Waals surface area contributed by atoms with E-state index in [1.54, 1.807) is 0 Å². The Morgan fingerprint density at radius 2 is 2.35 bits per heavy atom. The van der Waals surface area contributed by atoms with Gasteiger partial charge in [-0.2, -0.15) is 8.78 Å². The van der Waals surface area contributed by atoms with E-state index >= 15 is 0 Å². The molecule has 1 heterocycles. The number of hydrogen-bond acceptors (Lipinski definition) is 3. The summed E-state index contributed by atoms with van der Waals surface area (Å²) in [4.78, 5) is 11.8. The Morgan fingerprint density at radius 3 is 3.00 bits per heavy atom. The van der Waals surface area contributed by atoms with Gasteiger partial charge in [0, 0.05) is 17.1 Å². The zero-order valence-corrected chi connectivity index (χ0v) is 11.4. The van der Waals surface area contributed by atoms with Crippen LogP contribution in [0.3, 0.4) is 0 Å². The molecule has 0 radical (unpaired) electrons. The minimum Gasteiger partial charge on any atom is -0.434 e. The van der Waals surface area contributed by atoms with Crippen LogP contribution in [-0.4, -0.2) is 25.1 Å². The lowest BCUT2D eigenvalue weighted by molar-refractivity contribution is -0.122. The predicted molar refractivity (Wildman–Crippen MR) is 71.0 cm³/mol. The van der Waals surface area contributed by atoms with Gasteiger partial charge in [0.05, 0.1) is 6.04 Å². The van der Waals surface area contributed by atoms with Crippen LogP contribution < -0.4 is 15.4 Å². The summed E-state index contributed by atoms with van der Waals surface area (Å²) >= 11 is 5.83. The Balaban J connectivity index is 2.00. The van der Waals surface area contributed by atoms with Gasteiger partial charge in [0.1, 0.15) is 5.75 Å². The van der Waals surface area contributed by atoms with Crippen LogP contribution in [0.2, 0.25) is 5.02 Å². The highest BCUT2D eigenvalue weighted by molar-refractivity contribution is 6.30. The maximum Gasteiger partial charge on any atom is 0.387 e. The average molecular weight is 305 g/mol. The summed E-state index contributed by atoms with van der Waals surface area (Å²) in [6.07, 6.45) is 1.73. The molecule has 1 aliphatic rings. The third-order valence-corrected chi connectivity index (χ3v) is 3.30. The van der Waals surface area contributed by atoms with E-state index in [1.165, 1.54) is 18.2 Å². The molecular formula is C13H15ClF2N2O2. The first-order valence-electron chi connectivity index (χ1n) is 6.30. The van der Waals surface area contributed by atoms with E-state index in [4.69, 9.17) is 11.6 Å². The molecule has 2 rings (SSSR count). The van der Waals surface area contributed by atoms with Crippen molar-refractivity contribution in [3.8, 4) is 5.75 Å². The van der Waals surface area contributed by atoms with Crippen molar-refractivity contribution in [3.05, 3.63) is 28.8 Å². The molecule has 0 saturated carbocycles. The highest BCUT2D eigenvalue weighted by Crippen LogP contribution is 2.24. The first-order chi connectivity index (χ1) is 9.56. The molecule has 0 spiro atoms. The largest absolute Gasteiger partial charge is 0.434 e. The van der Waals surface area contributed by atoms with Crippen LogP contribution in [0.15, 0.2) is 18.2 Å². The molecule has 1 aromatic rings. The number of benzene rings is 1. The van der Waals surface area contributed by atoms with Crippen molar-refractivity contribution in [1.82, 2.24) is 10.6 Å². The van der Waals surface area contributed by atoms with E-state index in [0.29, 0.717) is 10.6 Å². The molecule has 1 atom stereocenters. The van der Waals surface area contributed by atoms with E-state index in [2.05, 4.69) is 15.4 Å². The quantitative estimate of drug-likeness (QED) is 0.877. The van der Waals surface area contributed by atoms with Gasteiger partial charge in [-0.15, -0.1) is 0 Å². The SMILES string of the molecule is O=C(NCc1cc(Cl)ccc1OC(F)F)[C@@H]1CCCN1. The minimum atomic E-state index is -2.91. The fourth-order valence-corrected chi connectivity index (χ4v) is 2.31. The summed E-state index contributed by atoms with van der Waals surface area (Å²) in [5.41, 5.74) is 0.421. The Bertz CT molecular complexity index is 479. The molecule has 0 aliphatic carbocycles. The first-order valence-corrected chi connectivity index (χ1v) is 6.68. The van der Waals surface area contributed by atoms with E-state index < -0.39 is 6.61 Å². The summed E-state index contributed by atoms with van der Waals surface area (Å²) in [5, 5.41) is 6.16. The molecule has 4 nitrogen and oxygen atoms in total. The number of carbonyl (C=O) groups is 1. The predicted octanol–water partition coefficient (Wildman–Crippen LogP) is 2.31. The van der Waals surface area contributed by atoms with Crippen molar-refractivity contribution < 1.29 is 18.3 Å². The van der Waals surface area contributed by atoms with Crippen LogP contribution >= 0.6 is 11.6 Å². The van der Waals surface area contributed by atoms with Crippen molar-refractivity contribution in [2.75, 3.05) is 6.54 Å². The van der Waals surface area contributed by atoms with Crippen LogP contribution in [-0.2, 0) is 11.3 Å². The van der Waals surface area contributed by atoms with Crippen molar-refractivity contribution in [2.24, 2.45) is 0 Å². The van der Waals surface area contributed by atoms with Crippen molar-refractivity contribution >= 4 is 17.5 Å². The Kier molecular flexibility index (Phi) is 5.14. The molecule has 1 amide bonds. The van der Waals surface area contributed by atoms with E-state index in [0.717, 1.165) is 19.4 Å². The van der Waals surface area contributed by atoms with Gasteiger partial charge in [-0.3, -0.25) is 4.79 Å². The van der Waals surface area contributed by atoms with Crippen LogP contribution in [0.1, 0.15) is 18.4 Å². The van der Waals surface area contributed by atoms with Crippen molar-refractivity contribution in [2.45, 2.75) is 32.0 Å². The zero-order chi connectivity index (χ0) is 14.5. The molecule has 1 aromatic carbocycles. The second-order valence-corrected chi connectivity index (χ2v) is 4.93. The smallest absolute Gasteiger partial charge is 0.387 e. The molecule has 110 valence electrons. The lowest BCUT2D eigenvalue weighted by Gasteiger charge is -2.14. The summed E-state index contributed by atoms with van der Waals surface area (Å²) in [5.74, 6) is -0.130. The number of halogens is 3. The Morgan fingerprint density at radius 1 is 1.55 bits per heavy atom. The van der Waals surface area contributed by atoms with Gasteiger partial charge in [-0.1, -0.05) is 11.6 Å². The highest BCUT2D eigenvalue weighted by Gasteiger charge is 2.22. The Labute approximate surface area is 120 Å². The third-order valence-electron chi connectivity index (χ3n) is 3.07. The zero-order valence-electron chi connectivity index (χ0n) is 10.7. The topological polar surface area (TPSA) is 50.4 Å². The van der Waals surface area contributed by atoms with Crippen LogP contribution in [0.25, 0.3) is 0 Å². The molecule has 1 saturated heterocycles. The number of hydrogen-bond donors (Lipinski definition) is 2.